The van der Waals surface area contributed by atoms with Crippen LogP contribution in [0.1, 0.15) is 31.7 Å². The molecule has 1 heteroatoms. The number of fused-ring (bicyclic) bond motifs is 1. The number of hydrogen-bond donors (Lipinski definition) is 0. The molecule has 2 aromatic rings. The van der Waals surface area contributed by atoms with Gasteiger partial charge in [-0.2, -0.15) is 0 Å². The Morgan fingerprint density at radius 2 is 1.82 bits per heavy atom. The molecule has 3 rings (SSSR count). The number of hydrogen-bond acceptors (Lipinski definition) is 1. The summed E-state index contributed by atoms with van der Waals surface area (Å²) in [7, 11) is 0. The highest BCUT2D eigenvalue weighted by molar-refractivity contribution is 5.85. The summed E-state index contributed by atoms with van der Waals surface area (Å²) in [5.74, 6) is 0.403. The summed E-state index contributed by atoms with van der Waals surface area (Å²) in [5, 5.41) is 2.54. The van der Waals surface area contributed by atoms with E-state index >= 15 is 0 Å². The average Bonchev–Trinajstić information content (AvgIpc) is 2.70. The first kappa shape index (κ1) is 10.5. The molecule has 1 aliphatic carbocycles. The molecule has 0 spiro atoms. The molecule has 0 heterocycles. The van der Waals surface area contributed by atoms with Crippen molar-refractivity contribution in [2.75, 3.05) is 0 Å². The molecule has 0 bridgehead atoms. The van der Waals surface area contributed by atoms with E-state index in [1.165, 1.54) is 16.3 Å². The molecule has 1 saturated carbocycles. The molecule has 0 amide bonds. The molecule has 0 saturated heterocycles. The maximum atomic E-state index is 11.5. The first-order valence-corrected chi connectivity index (χ1v) is 6.18. The van der Waals surface area contributed by atoms with Crippen LogP contribution in [0.5, 0.6) is 0 Å². The van der Waals surface area contributed by atoms with Crippen molar-refractivity contribution in [2.24, 2.45) is 0 Å². The van der Waals surface area contributed by atoms with E-state index < -0.39 is 0 Å². The SMILES string of the molecule is CC1(c2ccc3ccccc3c2)CCC(=O)C1. The highest BCUT2D eigenvalue weighted by Gasteiger charge is 2.35. The van der Waals surface area contributed by atoms with Gasteiger partial charge in [-0.05, 0) is 28.2 Å². The van der Waals surface area contributed by atoms with Gasteiger partial charge in [0.15, 0.2) is 0 Å². The lowest BCUT2D eigenvalue weighted by Gasteiger charge is -2.23. The van der Waals surface area contributed by atoms with Crippen LogP contribution in [0.3, 0.4) is 0 Å². The monoisotopic (exact) mass is 224 g/mol. The van der Waals surface area contributed by atoms with Crippen LogP contribution in [0.4, 0.5) is 0 Å². The molecule has 0 aliphatic heterocycles. The van der Waals surface area contributed by atoms with Crippen molar-refractivity contribution in [1.29, 1.82) is 0 Å². The van der Waals surface area contributed by atoms with Gasteiger partial charge in [0.2, 0.25) is 0 Å². The third-order valence-electron chi connectivity index (χ3n) is 3.99. The molecule has 1 fully saturated rings. The lowest BCUT2D eigenvalue weighted by Crippen LogP contribution is -2.17. The predicted octanol–water partition coefficient (Wildman–Crippen LogP) is 3.85. The Morgan fingerprint density at radius 3 is 2.53 bits per heavy atom. The van der Waals surface area contributed by atoms with Crippen molar-refractivity contribution in [3.8, 4) is 0 Å². The fourth-order valence-electron chi connectivity index (χ4n) is 2.84. The smallest absolute Gasteiger partial charge is 0.133 e. The van der Waals surface area contributed by atoms with E-state index in [9.17, 15) is 4.79 Å². The van der Waals surface area contributed by atoms with Gasteiger partial charge in [0.05, 0.1) is 0 Å². The van der Waals surface area contributed by atoms with E-state index in [-0.39, 0.29) is 5.41 Å². The van der Waals surface area contributed by atoms with Gasteiger partial charge in [0, 0.05) is 12.8 Å². The number of benzene rings is 2. The second-order valence-electron chi connectivity index (χ2n) is 5.34. The molecule has 86 valence electrons. The third-order valence-corrected chi connectivity index (χ3v) is 3.99. The first-order valence-electron chi connectivity index (χ1n) is 6.18. The normalized spacial score (nSPS) is 24.4. The largest absolute Gasteiger partial charge is 0.300 e. The summed E-state index contributed by atoms with van der Waals surface area (Å²) < 4.78 is 0. The zero-order chi connectivity index (χ0) is 11.9. The maximum absolute atomic E-state index is 11.5. The molecular weight excluding hydrogens is 208 g/mol. The Labute approximate surface area is 101 Å². The zero-order valence-corrected chi connectivity index (χ0v) is 10.1. The van der Waals surface area contributed by atoms with Crippen LogP contribution in [0.15, 0.2) is 42.5 Å². The topological polar surface area (TPSA) is 17.1 Å². The standard InChI is InChI=1S/C16H16O/c1-16(9-8-15(17)11-16)14-7-6-12-4-2-3-5-13(12)10-14/h2-7,10H,8-9,11H2,1H3. The minimum Gasteiger partial charge on any atom is -0.300 e. The van der Waals surface area contributed by atoms with Gasteiger partial charge in [-0.3, -0.25) is 4.79 Å². The highest BCUT2D eigenvalue weighted by atomic mass is 16.1. The molecule has 1 unspecified atom stereocenters. The van der Waals surface area contributed by atoms with Crippen LogP contribution in [-0.4, -0.2) is 5.78 Å². The van der Waals surface area contributed by atoms with E-state index in [4.69, 9.17) is 0 Å². The Bertz CT molecular complexity index is 585. The van der Waals surface area contributed by atoms with Gasteiger partial charge >= 0.3 is 0 Å². The number of Topliss-reactive ketones (excluding diaryl/α,β-unsaturated/α-hetero) is 1. The average molecular weight is 224 g/mol. The van der Waals surface area contributed by atoms with E-state index in [0.717, 1.165) is 12.8 Å². The summed E-state index contributed by atoms with van der Waals surface area (Å²) in [6.07, 6.45) is 2.43. The van der Waals surface area contributed by atoms with Gasteiger partial charge in [0.25, 0.3) is 0 Å². The summed E-state index contributed by atoms with van der Waals surface area (Å²) >= 11 is 0. The lowest BCUT2D eigenvalue weighted by molar-refractivity contribution is -0.117. The van der Waals surface area contributed by atoms with Crippen LogP contribution in [0.2, 0.25) is 0 Å². The lowest BCUT2D eigenvalue weighted by atomic mass is 9.80. The van der Waals surface area contributed by atoms with Crippen molar-refractivity contribution in [3.05, 3.63) is 48.0 Å². The van der Waals surface area contributed by atoms with Gasteiger partial charge in [-0.1, -0.05) is 49.4 Å². The second-order valence-corrected chi connectivity index (χ2v) is 5.34. The number of carbonyl (C=O) groups is 1. The minimum atomic E-state index is 0.0567. The van der Waals surface area contributed by atoms with Crippen LogP contribution in [0.25, 0.3) is 10.8 Å². The van der Waals surface area contributed by atoms with Gasteiger partial charge in [-0.15, -0.1) is 0 Å². The molecule has 1 nitrogen and oxygen atoms in total. The third kappa shape index (κ3) is 1.76. The minimum absolute atomic E-state index is 0.0567. The Balaban J connectivity index is 2.09. The van der Waals surface area contributed by atoms with E-state index in [1.807, 2.05) is 0 Å². The quantitative estimate of drug-likeness (QED) is 0.719. The van der Waals surface area contributed by atoms with E-state index in [2.05, 4.69) is 49.4 Å². The summed E-state index contributed by atoms with van der Waals surface area (Å²) in [4.78, 5) is 11.5. The van der Waals surface area contributed by atoms with Crippen LogP contribution in [0, 0.1) is 0 Å². The molecule has 0 radical (unpaired) electrons. The predicted molar refractivity (Wildman–Crippen MR) is 70.2 cm³/mol. The van der Waals surface area contributed by atoms with E-state index in [1.54, 1.807) is 0 Å². The van der Waals surface area contributed by atoms with Crippen LogP contribution < -0.4 is 0 Å². The summed E-state index contributed by atoms with van der Waals surface area (Å²) in [6.45, 7) is 2.21. The number of carbonyl (C=O) groups excluding carboxylic acids is 1. The fraction of sp³-hybridized carbons (Fsp3) is 0.312. The van der Waals surface area contributed by atoms with Crippen molar-refractivity contribution in [3.63, 3.8) is 0 Å². The van der Waals surface area contributed by atoms with Gasteiger partial charge < -0.3 is 0 Å². The first-order chi connectivity index (χ1) is 8.17. The Kier molecular flexibility index (Phi) is 2.29. The van der Waals surface area contributed by atoms with Crippen molar-refractivity contribution in [1.82, 2.24) is 0 Å². The van der Waals surface area contributed by atoms with Gasteiger partial charge in [0.1, 0.15) is 5.78 Å². The maximum Gasteiger partial charge on any atom is 0.133 e. The molecule has 0 N–H and O–H groups in total. The molecule has 2 aromatic carbocycles. The van der Waals surface area contributed by atoms with Crippen LogP contribution >= 0.6 is 0 Å². The fourth-order valence-corrected chi connectivity index (χ4v) is 2.84. The van der Waals surface area contributed by atoms with E-state index in [0.29, 0.717) is 12.2 Å². The highest BCUT2D eigenvalue weighted by Crippen LogP contribution is 2.39. The summed E-state index contributed by atoms with van der Waals surface area (Å²) in [6, 6.07) is 15.0. The molecule has 0 aromatic heterocycles. The molecule has 1 aliphatic rings. The van der Waals surface area contributed by atoms with Crippen molar-refractivity contribution in [2.45, 2.75) is 31.6 Å². The number of rotatable bonds is 1. The molecular formula is C16H16O. The van der Waals surface area contributed by atoms with Gasteiger partial charge in [-0.25, -0.2) is 0 Å². The Morgan fingerprint density at radius 1 is 1.06 bits per heavy atom. The van der Waals surface area contributed by atoms with Crippen LogP contribution in [-0.2, 0) is 10.2 Å². The number of ketones is 1. The Hall–Kier alpha value is -1.63. The molecule has 17 heavy (non-hydrogen) atoms. The summed E-state index contributed by atoms with van der Waals surface area (Å²) in [5.41, 5.74) is 1.36. The van der Waals surface area contributed by atoms with Crippen molar-refractivity contribution < 1.29 is 4.79 Å². The molecule has 1 atom stereocenters. The van der Waals surface area contributed by atoms with Crippen molar-refractivity contribution >= 4 is 16.6 Å². The zero-order valence-electron chi connectivity index (χ0n) is 10.1. The second kappa shape index (κ2) is 3.69.